The molecular formula is C20H14ClF2N3O3S. The summed E-state index contributed by atoms with van der Waals surface area (Å²) in [6.45, 7) is 0.290. The van der Waals surface area contributed by atoms with E-state index in [4.69, 9.17) is 11.6 Å². The lowest BCUT2D eigenvalue weighted by Gasteiger charge is -2.11. The van der Waals surface area contributed by atoms with Gasteiger partial charge in [0.15, 0.2) is 0 Å². The number of nitrogens with zero attached hydrogens (tertiary/aromatic N) is 1. The van der Waals surface area contributed by atoms with Crippen LogP contribution in [0.15, 0.2) is 70.4 Å². The lowest BCUT2D eigenvalue weighted by molar-refractivity contribution is 0.569. The van der Waals surface area contributed by atoms with Crippen LogP contribution in [0.2, 0.25) is 5.02 Å². The van der Waals surface area contributed by atoms with Crippen molar-refractivity contribution < 1.29 is 17.2 Å². The second kappa shape index (κ2) is 7.58. The molecule has 0 saturated carbocycles. The third-order valence-electron chi connectivity index (χ3n) is 4.47. The predicted molar refractivity (Wildman–Crippen MR) is 110 cm³/mol. The number of nitrogens with one attached hydrogen (secondary N) is 2. The van der Waals surface area contributed by atoms with E-state index in [0.29, 0.717) is 0 Å². The van der Waals surface area contributed by atoms with E-state index in [0.717, 1.165) is 29.8 Å². The highest BCUT2D eigenvalue weighted by Crippen LogP contribution is 2.26. The summed E-state index contributed by atoms with van der Waals surface area (Å²) >= 11 is 5.74. The van der Waals surface area contributed by atoms with Crippen molar-refractivity contribution in [3.8, 4) is 0 Å². The zero-order chi connectivity index (χ0) is 21.5. The van der Waals surface area contributed by atoms with Crippen molar-refractivity contribution >= 4 is 38.2 Å². The Hall–Kier alpha value is -3.17. The normalized spacial score (nSPS) is 11.7. The topological polar surface area (TPSA) is 84.0 Å². The van der Waals surface area contributed by atoms with Gasteiger partial charge in [-0.3, -0.25) is 19.3 Å². The fraction of sp³-hybridized carbons (Fsp3) is 0.0500. The van der Waals surface area contributed by atoms with Gasteiger partial charge in [-0.05, 0) is 29.8 Å². The van der Waals surface area contributed by atoms with Gasteiger partial charge in [-0.1, -0.05) is 41.9 Å². The number of halogens is 3. The summed E-state index contributed by atoms with van der Waals surface area (Å²) in [4.78, 5) is 11.6. The zero-order valence-corrected chi connectivity index (χ0v) is 16.8. The minimum absolute atomic E-state index is 0.00197. The molecule has 0 aliphatic heterocycles. The monoisotopic (exact) mass is 449 g/mol. The molecule has 1 aromatic heterocycles. The van der Waals surface area contributed by atoms with E-state index < -0.39 is 37.8 Å². The van der Waals surface area contributed by atoms with E-state index in [1.54, 1.807) is 0 Å². The molecule has 0 bridgehead atoms. The number of hydrogen-bond donors (Lipinski definition) is 2. The van der Waals surface area contributed by atoms with Crippen LogP contribution in [-0.4, -0.2) is 18.2 Å². The molecule has 0 spiro atoms. The molecule has 1 heterocycles. The first-order chi connectivity index (χ1) is 14.2. The van der Waals surface area contributed by atoms with Gasteiger partial charge in [0.1, 0.15) is 16.5 Å². The van der Waals surface area contributed by atoms with Gasteiger partial charge in [-0.2, -0.15) is 0 Å². The third kappa shape index (κ3) is 3.81. The van der Waals surface area contributed by atoms with Gasteiger partial charge in [0.2, 0.25) is 0 Å². The van der Waals surface area contributed by atoms with E-state index in [9.17, 15) is 22.0 Å². The summed E-state index contributed by atoms with van der Waals surface area (Å²) in [5, 5.41) is 2.69. The van der Waals surface area contributed by atoms with Crippen molar-refractivity contribution in [2.45, 2.75) is 11.4 Å². The molecule has 10 heteroatoms. The fourth-order valence-corrected chi connectivity index (χ4v) is 4.46. The highest BCUT2D eigenvalue weighted by atomic mass is 35.5. The Bertz CT molecular complexity index is 1420. The summed E-state index contributed by atoms with van der Waals surface area (Å²) in [5.41, 5.74) is 0.144. The van der Waals surface area contributed by atoms with Crippen LogP contribution in [0.3, 0.4) is 0 Å². The highest BCUT2D eigenvalue weighted by Gasteiger charge is 2.22. The minimum Gasteiger partial charge on any atom is -0.280 e. The smallest absolute Gasteiger partial charge is 0.272 e. The second-order valence-corrected chi connectivity index (χ2v) is 8.63. The number of fused-ring (bicyclic) bond motifs is 1. The first kappa shape index (κ1) is 20.1. The molecule has 6 nitrogen and oxygen atoms in total. The molecule has 154 valence electrons. The Labute approximate surface area is 174 Å². The van der Waals surface area contributed by atoms with Gasteiger partial charge in [0.05, 0.1) is 23.1 Å². The Morgan fingerprint density at radius 2 is 1.73 bits per heavy atom. The summed E-state index contributed by atoms with van der Waals surface area (Å²) in [6.07, 6.45) is 0. The van der Waals surface area contributed by atoms with E-state index in [1.807, 2.05) is 35.1 Å². The number of sulfonamides is 1. The SMILES string of the molecule is O=c1[nH]n(Cc2ccccc2)c2cc(F)c(NS(=O)(=O)c3cc(Cl)ccc3F)cc12. The molecule has 0 amide bonds. The van der Waals surface area contributed by atoms with E-state index in [2.05, 4.69) is 5.10 Å². The van der Waals surface area contributed by atoms with Crippen LogP contribution in [-0.2, 0) is 16.6 Å². The average Bonchev–Trinajstić information content (AvgIpc) is 2.99. The van der Waals surface area contributed by atoms with Crippen molar-refractivity contribution in [2.75, 3.05) is 4.72 Å². The molecule has 2 N–H and O–H groups in total. The number of rotatable bonds is 5. The van der Waals surface area contributed by atoms with Crippen LogP contribution < -0.4 is 10.3 Å². The van der Waals surface area contributed by atoms with Gasteiger partial charge in [0.25, 0.3) is 15.6 Å². The molecule has 4 aromatic rings. The summed E-state index contributed by atoms with van der Waals surface area (Å²) in [5.74, 6) is -1.96. The first-order valence-electron chi connectivity index (χ1n) is 8.68. The Morgan fingerprint density at radius 1 is 1.00 bits per heavy atom. The third-order valence-corrected chi connectivity index (χ3v) is 6.08. The molecule has 3 aromatic carbocycles. The molecule has 0 fully saturated rings. The largest absolute Gasteiger partial charge is 0.280 e. The summed E-state index contributed by atoms with van der Waals surface area (Å²) in [7, 11) is -4.48. The lowest BCUT2D eigenvalue weighted by atomic mass is 10.2. The minimum atomic E-state index is -4.48. The zero-order valence-electron chi connectivity index (χ0n) is 15.2. The number of aromatic nitrogens is 2. The maximum Gasteiger partial charge on any atom is 0.272 e. The van der Waals surface area contributed by atoms with Crippen molar-refractivity contribution in [1.29, 1.82) is 0 Å². The molecular weight excluding hydrogens is 436 g/mol. The molecule has 0 radical (unpaired) electrons. The predicted octanol–water partition coefficient (Wildman–Crippen LogP) is 4.11. The van der Waals surface area contributed by atoms with E-state index >= 15 is 0 Å². The average molecular weight is 450 g/mol. The number of anilines is 1. The maximum atomic E-state index is 14.7. The van der Waals surface area contributed by atoms with Gasteiger partial charge in [-0.15, -0.1) is 0 Å². The van der Waals surface area contributed by atoms with E-state index in [1.165, 1.54) is 10.7 Å². The van der Waals surface area contributed by atoms with Crippen LogP contribution in [0.4, 0.5) is 14.5 Å². The number of hydrogen-bond acceptors (Lipinski definition) is 3. The van der Waals surface area contributed by atoms with Crippen LogP contribution in [0.1, 0.15) is 5.56 Å². The number of aromatic amines is 1. The molecule has 0 aliphatic carbocycles. The Kier molecular flexibility index (Phi) is 5.08. The van der Waals surface area contributed by atoms with Gasteiger partial charge in [-0.25, -0.2) is 17.2 Å². The van der Waals surface area contributed by atoms with Crippen molar-refractivity contribution in [3.05, 3.63) is 93.2 Å². The summed E-state index contributed by atoms with van der Waals surface area (Å²) in [6, 6.07) is 14.3. The van der Waals surface area contributed by atoms with Crippen LogP contribution in [0, 0.1) is 11.6 Å². The first-order valence-corrected chi connectivity index (χ1v) is 10.5. The molecule has 4 rings (SSSR count). The Morgan fingerprint density at radius 3 is 2.47 bits per heavy atom. The van der Waals surface area contributed by atoms with E-state index in [-0.39, 0.29) is 22.5 Å². The molecule has 0 unspecified atom stereocenters. The van der Waals surface area contributed by atoms with Crippen molar-refractivity contribution in [3.63, 3.8) is 0 Å². The van der Waals surface area contributed by atoms with Gasteiger partial charge in [0, 0.05) is 11.1 Å². The summed E-state index contributed by atoms with van der Waals surface area (Å²) < 4.78 is 57.2. The molecule has 30 heavy (non-hydrogen) atoms. The second-order valence-electron chi connectivity index (χ2n) is 6.54. The van der Waals surface area contributed by atoms with Crippen molar-refractivity contribution in [2.24, 2.45) is 0 Å². The standard InChI is InChI=1S/C20H14ClF2N3O3S/c21-13-6-7-15(22)19(8-13)30(28,29)25-17-9-14-18(10-16(17)23)26(24-20(14)27)11-12-4-2-1-3-5-12/h1-10,25H,11H2,(H,24,27). The Balaban J connectivity index is 1.74. The maximum absolute atomic E-state index is 14.7. The molecule has 0 aliphatic rings. The highest BCUT2D eigenvalue weighted by molar-refractivity contribution is 7.92. The van der Waals surface area contributed by atoms with Crippen molar-refractivity contribution in [1.82, 2.24) is 9.78 Å². The van der Waals surface area contributed by atoms with Gasteiger partial charge >= 0.3 is 0 Å². The molecule has 0 atom stereocenters. The number of benzene rings is 3. The van der Waals surface area contributed by atoms with Crippen LogP contribution in [0.5, 0.6) is 0 Å². The molecule has 0 saturated heterocycles. The lowest BCUT2D eigenvalue weighted by Crippen LogP contribution is -2.15. The fourth-order valence-electron chi connectivity index (χ4n) is 3.06. The van der Waals surface area contributed by atoms with Gasteiger partial charge < -0.3 is 0 Å². The quantitative estimate of drug-likeness (QED) is 0.481. The number of H-pyrrole nitrogens is 1. The van der Waals surface area contributed by atoms with Crippen LogP contribution in [0.25, 0.3) is 10.9 Å². The van der Waals surface area contributed by atoms with Crippen LogP contribution >= 0.6 is 11.6 Å².